The molecule has 1 aliphatic rings. The first-order valence-corrected chi connectivity index (χ1v) is 11.6. The Hall–Kier alpha value is -3.76. The molecule has 0 aliphatic heterocycles. The van der Waals surface area contributed by atoms with E-state index in [1.165, 1.54) is 0 Å². The lowest BCUT2D eigenvalue weighted by Crippen LogP contribution is -2.41. The summed E-state index contributed by atoms with van der Waals surface area (Å²) in [6, 6.07) is 8.47. The molecule has 35 heavy (non-hydrogen) atoms. The first-order chi connectivity index (χ1) is 16.8. The summed E-state index contributed by atoms with van der Waals surface area (Å²) in [6.07, 6.45) is 7.68. The van der Waals surface area contributed by atoms with Crippen LogP contribution in [0.3, 0.4) is 0 Å². The van der Waals surface area contributed by atoms with Gasteiger partial charge in [0, 0.05) is 36.3 Å². The number of nitrogen functional groups attached to an aromatic ring is 1. The Kier molecular flexibility index (Phi) is 7.42. The van der Waals surface area contributed by atoms with Crippen LogP contribution in [0.15, 0.2) is 48.9 Å². The van der Waals surface area contributed by atoms with E-state index in [-0.39, 0.29) is 29.8 Å². The number of hydrogen-bond donors (Lipinski definition) is 4. The highest BCUT2D eigenvalue weighted by atomic mass is 16.5. The second-order valence-corrected chi connectivity index (χ2v) is 8.90. The first-order valence-electron chi connectivity index (χ1n) is 11.6. The van der Waals surface area contributed by atoms with Gasteiger partial charge in [-0.15, -0.1) is 0 Å². The maximum atomic E-state index is 13.1. The number of amides is 2. The van der Waals surface area contributed by atoms with Crippen molar-refractivity contribution >= 4 is 23.3 Å². The van der Waals surface area contributed by atoms with Crippen molar-refractivity contribution in [2.75, 3.05) is 11.1 Å². The maximum absolute atomic E-state index is 13.1. The number of carbonyl (C=O) groups excluding carboxylic acids is 2. The molecule has 1 aliphatic carbocycles. The normalized spacial score (nSPS) is 18.3. The summed E-state index contributed by atoms with van der Waals surface area (Å²) in [5.74, 6) is -0.346. The molecule has 1 unspecified atom stereocenters. The maximum Gasteiger partial charge on any atom is 0.255 e. The highest BCUT2D eigenvalue weighted by molar-refractivity contribution is 5.99. The van der Waals surface area contributed by atoms with E-state index in [4.69, 9.17) is 16.2 Å². The summed E-state index contributed by atoms with van der Waals surface area (Å²) in [6.45, 7) is 1.99. The van der Waals surface area contributed by atoms with E-state index >= 15 is 0 Å². The van der Waals surface area contributed by atoms with E-state index in [1.54, 1.807) is 36.1 Å². The lowest BCUT2D eigenvalue weighted by Gasteiger charge is -2.22. The molecule has 10 heteroatoms. The third-order valence-electron chi connectivity index (χ3n) is 6.04. The molecule has 0 bridgehead atoms. The third-order valence-corrected chi connectivity index (χ3v) is 6.04. The molecule has 6 N–H and O–H groups in total. The second kappa shape index (κ2) is 10.7. The Labute approximate surface area is 204 Å². The van der Waals surface area contributed by atoms with Crippen molar-refractivity contribution < 1.29 is 14.3 Å². The first kappa shape index (κ1) is 24.4. The Morgan fingerprint density at radius 1 is 1.23 bits per heavy atom. The van der Waals surface area contributed by atoms with Gasteiger partial charge in [-0.2, -0.15) is 5.10 Å². The van der Waals surface area contributed by atoms with Crippen molar-refractivity contribution in [3.63, 3.8) is 0 Å². The third kappa shape index (κ3) is 6.03. The predicted octanol–water partition coefficient (Wildman–Crippen LogP) is 2.22. The number of rotatable bonds is 8. The van der Waals surface area contributed by atoms with Crippen molar-refractivity contribution in [3.05, 3.63) is 60.0 Å². The zero-order valence-corrected chi connectivity index (χ0v) is 19.9. The molecule has 0 spiro atoms. The summed E-state index contributed by atoms with van der Waals surface area (Å²) >= 11 is 0. The number of aryl methyl sites for hydroxylation is 1. The molecular formula is C25H31N7O3. The topological polar surface area (TPSA) is 150 Å². The van der Waals surface area contributed by atoms with E-state index in [0.717, 1.165) is 36.0 Å². The summed E-state index contributed by atoms with van der Waals surface area (Å²) in [5.41, 5.74) is 15.2. The molecule has 0 radical (unpaired) electrons. The van der Waals surface area contributed by atoms with Gasteiger partial charge in [-0.25, -0.2) is 4.98 Å². The average molecular weight is 478 g/mol. The molecule has 0 saturated heterocycles. The highest BCUT2D eigenvalue weighted by Gasteiger charge is 2.30. The molecule has 1 saturated carbocycles. The number of nitrogens with zero attached hydrogens (tertiary/aromatic N) is 3. The Morgan fingerprint density at radius 2 is 2.06 bits per heavy atom. The lowest BCUT2D eigenvalue weighted by molar-refractivity contribution is -0.117. The Morgan fingerprint density at radius 3 is 2.80 bits per heavy atom. The number of nitrogens with one attached hydrogen (secondary N) is 2. The fourth-order valence-corrected chi connectivity index (χ4v) is 4.12. The van der Waals surface area contributed by atoms with Crippen LogP contribution in [0.2, 0.25) is 0 Å². The number of pyridine rings is 1. The number of anilines is 2. The van der Waals surface area contributed by atoms with E-state index in [1.807, 2.05) is 31.4 Å². The molecule has 3 aromatic rings. The minimum Gasteiger partial charge on any atom is -0.383 e. The van der Waals surface area contributed by atoms with Crippen LogP contribution in [0.25, 0.3) is 11.1 Å². The van der Waals surface area contributed by atoms with Crippen LogP contribution >= 0.6 is 0 Å². The van der Waals surface area contributed by atoms with E-state index in [9.17, 15) is 9.59 Å². The SMILES string of the molecule is CC(N)C(=O)Nc1cccc(CO[C@H]2CCC[C@@H]2NC(=O)c2cc(-c3cnn(C)c3)cnc2N)c1. The summed E-state index contributed by atoms with van der Waals surface area (Å²) in [5, 5.41) is 10.0. The van der Waals surface area contributed by atoms with Crippen LogP contribution in [0.4, 0.5) is 11.5 Å². The predicted molar refractivity (Wildman–Crippen MR) is 133 cm³/mol. The number of ether oxygens (including phenoxy) is 1. The fourth-order valence-electron chi connectivity index (χ4n) is 4.12. The fraction of sp³-hybridized carbons (Fsp3) is 0.360. The molecule has 184 valence electrons. The highest BCUT2D eigenvalue weighted by Crippen LogP contribution is 2.26. The molecular weight excluding hydrogens is 446 g/mol. The summed E-state index contributed by atoms with van der Waals surface area (Å²) in [7, 11) is 1.83. The zero-order chi connectivity index (χ0) is 24.9. The van der Waals surface area contributed by atoms with E-state index in [2.05, 4.69) is 20.7 Å². The lowest BCUT2D eigenvalue weighted by atomic mass is 10.1. The number of nitrogens with two attached hydrogens (primary N) is 2. The van der Waals surface area contributed by atoms with Gasteiger partial charge in [0.25, 0.3) is 5.91 Å². The minimum absolute atomic E-state index is 0.128. The molecule has 2 heterocycles. The van der Waals surface area contributed by atoms with Gasteiger partial charge in [0.1, 0.15) is 5.82 Å². The van der Waals surface area contributed by atoms with Crippen LogP contribution in [0.5, 0.6) is 0 Å². The van der Waals surface area contributed by atoms with Crippen LogP contribution in [-0.4, -0.2) is 44.8 Å². The van der Waals surface area contributed by atoms with E-state index in [0.29, 0.717) is 17.9 Å². The number of aromatic nitrogens is 3. The molecule has 10 nitrogen and oxygen atoms in total. The monoisotopic (exact) mass is 477 g/mol. The van der Waals surface area contributed by atoms with Crippen molar-refractivity contribution in [1.82, 2.24) is 20.1 Å². The molecule has 2 amide bonds. The van der Waals surface area contributed by atoms with Crippen molar-refractivity contribution in [3.8, 4) is 11.1 Å². The molecule has 2 aromatic heterocycles. The standard InChI is InChI=1S/C25H31N7O3/c1-15(26)24(33)30-19-6-3-5-16(9-19)14-35-22-8-4-7-21(22)31-25(34)20-10-17(11-28-23(20)27)18-12-29-32(2)13-18/h3,5-6,9-13,15,21-22H,4,7-8,14,26H2,1-2H3,(H2,27,28)(H,30,33)(H,31,34)/t15?,21-,22-/m0/s1. The Balaban J connectivity index is 1.38. The quantitative estimate of drug-likeness (QED) is 0.388. The molecule has 1 fully saturated rings. The molecule has 1 aromatic carbocycles. The van der Waals surface area contributed by atoms with Gasteiger partial charge >= 0.3 is 0 Å². The van der Waals surface area contributed by atoms with Gasteiger partial charge in [0.2, 0.25) is 5.91 Å². The van der Waals surface area contributed by atoms with Crippen molar-refractivity contribution in [2.24, 2.45) is 12.8 Å². The summed E-state index contributed by atoms with van der Waals surface area (Å²) < 4.78 is 7.85. The molecule has 3 atom stereocenters. The number of benzene rings is 1. The van der Waals surface area contributed by atoms with Gasteiger partial charge in [0.05, 0.1) is 36.6 Å². The largest absolute Gasteiger partial charge is 0.383 e. The smallest absolute Gasteiger partial charge is 0.255 e. The molecule has 4 rings (SSSR count). The minimum atomic E-state index is -0.591. The average Bonchev–Trinajstić information content (AvgIpc) is 3.46. The van der Waals surface area contributed by atoms with Crippen LogP contribution in [0.1, 0.15) is 42.1 Å². The van der Waals surface area contributed by atoms with Crippen LogP contribution in [0, 0.1) is 0 Å². The van der Waals surface area contributed by atoms with Crippen LogP contribution < -0.4 is 22.1 Å². The second-order valence-electron chi connectivity index (χ2n) is 8.90. The van der Waals surface area contributed by atoms with Gasteiger partial charge < -0.3 is 26.8 Å². The summed E-state index contributed by atoms with van der Waals surface area (Å²) in [4.78, 5) is 29.1. The van der Waals surface area contributed by atoms with Gasteiger partial charge in [-0.3, -0.25) is 14.3 Å². The van der Waals surface area contributed by atoms with Gasteiger partial charge in [-0.1, -0.05) is 12.1 Å². The number of carbonyl (C=O) groups is 2. The van der Waals surface area contributed by atoms with Crippen molar-refractivity contribution in [1.29, 1.82) is 0 Å². The van der Waals surface area contributed by atoms with Crippen LogP contribution in [-0.2, 0) is 23.2 Å². The van der Waals surface area contributed by atoms with Gasteiger partial charge in [0.15, 0.2) is 0 Å². The van der Waals surface area contributed by atoms with Gasteiger partial charge in [-0.05, 0) is 49.9 Å². The van der Waals surface area contributed by atoms with E-state index < -0.39 is 6.04 Å². The van der Waals surface area contributed by atoms with Crippen molar-refractivity contribution in [2.45, 2.75) is 51.0 Å². The zero-order valence-electron chi connectivity index (χ0n) is 19.9. The number of hydrogen-bond acceptors (Lipinski definition) is 7. The Bertz CT molecular complexity index is 1210.